The van der Waals surface area contributed by atoms with Crippen LogP contribution in [0.25, 0.3) is 0 Å². The molecule has 0 saturated heterocycles. The first-order chi connectivity index (χ1) is 9.91. The van der Waals surface area contributed by atoms with Crippen LogP contribution < -0.4 is 5.32 Å². The molecular formula is C18H26N2S. The Hall–Kier alpha value is -1.19. The first-order valence-corrected chi connectivity index (χ1v) is 8.56. The van der Waals surface area contributed by atoms with Gasteiger partial charge in [0.05, 0.1) is 10.7 Å². The minimum Gasteiger partial charge on any atom is -0.310 e. The summed E-state index contributed by atoms with van der Waals surface area (Å²) < 4.78 is 0. The van der Waals surface area contributed by atoms with E-state index in [1.807, 2.05) is 0 Å². The smallest absolute Gasteiger partial charge is 0.0972 e. The average molecular weight is 302 g/mol. The number of nitrogens with one attached hydrogen (secondary N) is 1. The molecule has 0 spiro atoms. The van der Waals surface area contributed by atoms with Crippen LogP contribution in [-0.2, 0) is 11.8 Å². The molecule has 3 heteroatoms. The minimum absolute atomic E-state index is 0.130. The molecule has 1 N–H and O–H groups in total. The summed E-state index contributed by atoms with van der Waals surface area (Å²) in [4.78, 5) is 4.82. The normalized spacial score (nSPS) is 13.4. The van der Waals surface area contributed by atoms with Gasteiger partial charge in [-0.3, -0.25) is 0 Å². The lowest BCUT2D eigenvalue weighted by atomic mass is 9.93. The van der Waals surface area contributed by atoms with Crippen molar-refractivity contribution in [3.05, 3.63) is 51.5 Å². The van der Waals surface area contributed by atoms with Gasteiger partial charge >= 0.3 is 0 Å². The summed E-state index contributed by atoms with van der Waals surface area (Å²) in [5, 5.41) is 6.91. The molecule has 21 heavy (non-hydrogen) atoms. The molecule has 2 rings (SSSR count). The van der Waals surface area contributed by atoms with Gasteiger partial charge in [0.25, 0.3) is 0 Å². The summed E-state index contributed by atoms with van der Waals surface area (Å²) in [5.74, 6) is 0. The fourth-order valence-corrected chi connectivity index (χ4v) is 3.48. The van der Waals surface area contributed by atoms with Gasteiger partial charge < -0.3 is 5.32 Å². The lowest BCUT2D eigenvalue weighted by Gasteiger charge is -2.17. The Bertz CT molecular complexity index is 581. The van der Waals surface area contributed by atoms with Crippen molar-refractivity contribution in [3.8, 4) is 0 Å². The van der Waals surface area contributed by atoms with Crippen LogP contribution in [0.5, 0.6) is 0 Å². The van der Waals surface area contributed by atoms with E-state index in [0.29, 0.717) is 6.04 Å². The van der Waals surface area contributed by atoms with Crippen LogP contribution in [0.1, 0.15) is 62.5 Å². The largest absolute Gasteiger partial charge is 0.310 e. The summed E-state index contributed by atoms with van der Waals surface area (Å²) in [7, 11) is 0. The molecule has 2 nitrogen and oxygen atoms in total. The van der Waals surface area contributed by atoms with Crippen molar-refractivity contribution in [2.75, 3.05) is 6.54 Å². The topological polar surface area (TPSA) is 24.9 Å². The molecule has 0 saturated carbocycles. The van der Waals surface area contributed by atoms with Crippen molar-refractivity contribution in [3.63, 3.8) is 0 Å². The molecule has 1 aromatic heterocycles. The van der Waals surface area contributed by atoms with Crippen molar-refractivity contribution in [1.29, 1.82) is 0 Å². The summed E-state index contributed by atoms with van der Waals surface area (Å²) in [6.45, 7) is 12.0. The molecule has 1 unspecified atom stereocenters. The fourth-order valence-electron chi connectivity index (χ4n) is 2.43. The van der Waals surface area contributed by atoms with Gasteiger partial charge in [-0.1, -0.05) is 52.0 Å². The van der Waals surface area contributed by atoms with Crippen LogP contribution in [0.3, 0.4) is 0 Å². The van der Waals surface area contributed by atoms with Gasteiger partial charge in [-0.25, -0.2) is 4.98 Å². The molecule has 0 aliphatic carbocycles. The van der Waals surface area contributed by atoms with Crippen LogP contribution in [0.2, 0.25) is 0 Å². The molecule has 2 aromatic rings. The van der Waals surface area contributed by atoms with Crippen molar-refractivity contribution >= 4 is 11.3 Å². The third-order valence-corrected chi connectivity index (χ3v) is 4.54. The van der Waals surface area contributed by atoms with E-state index in [9.17, 15) is 0 Å². The van der Waals surface area contributed by atoms with Crippen molar-refractivity contribution in [1.82, 2.24) is 10.3 Å². The SMILES string of the molecule is CCNC(C)c1ccccc1Cc1nc(C(C)(C)C)cs1. The van der Waals surface area contributed by atoms with Crippen molar-refractivity contribution < 1.29 is 0 Å². The lowest BCUT2D eigenvalue weighted by molar-refractivity contribution is 0.571. The maximum Gasteiger partial charge on any atom is 0.0972 e. The van der Waals surface area contributed by atoms with E-state index in [1.165, 1.54) is 21.8 Å². The molecule has 0 aliphatic rings. The Morgan fingerprint density at radius 1 is 1.24 bits per heavy atom. The second kappa shape index (κ2) is 6.71. The highest BCUT2D eigenvalue weighted by atomic mass is 32.1. The van der Waals surface area contributed by atoms with E-state index in [4.69, 9.17) is 4.98 Å². The second-order valence-corrected chi connectivity index (χ2v) is 7.47. The molecule has 0 radical (unpaired) electrons. The lowest BCUT2D eigenvalue weighted by Crippen LogP contribution is -2.19. The van der Waals surface area contributed by atoms with Crippen LogP contribution >= 0.6 is 11.3 Å². The number of benzene rings is 1. The highest BCUT2D eigenvalue weighted by Crippen LogP contribution is 2.27. The van der Waals surface area contributed by atoms with E-state index < -0.39 is 0 Å². The zero-order valence-electron chi connectivity index (χ0n) is 13.7. The van der Waals surface area contributed by atoms with Gasteiger partial charge in [-0.2, -0.15) is 0 Å². The van der Waals surface area contributed by atoms with Crippen molar-refractivity contribution in [2.45, 2.75) is 52.5 Å². The molecule has 1 heterocycles. The Kier molecular flexibility index (Phi) is 5.17. The summed E-state index contributed by atoms with van der Waals surface area (Å²) >= 11 is 1.77. The molecule has 1 aromatic carbocycles. The first-order valence-electron chi connectivity index (χ1n) is 7.68. The van der Waals surface area contributed by atoms with E-state index in [0.717, 1.165) is 13.0 Å². The van der Waals surface area contributed by atoms with Gasteiger partial charge in [-0.15, -0.1) is 11.3 Å². The predicted molar refractivity (Wildman–Crippen MR) is 92.2 cm³/mol. The van der Waals surface area contributed by atoms with E-state index in [2.05, 4.69) is 69.6 Å². The quantitative estimate of drug-likeness (QED) is 0.866. The summed E-state index contributed by atoms with van der Waals surface area (Å²) in [6.07, 6.45) is 0.923. The Labute approximate surface area is 132 Å². The molecule has 1 atom stereocenters. The third-order valence-electron chi connectivity index (χ3n) is 3.69. The average Bonchev–Trinajstić information content (AvgIpc) is 2.88. The maximum absolute atomic E-state index is 4.82. The number of hydrogen-bond donors (Lipinski definition) is 1. The van der Waals surface area contributed by atoms with Gasteiger partial charge in [0.15, 0.2) is 0 Å². The standard InChI is InChI=1S/C18H26N2S/c1-6-19-13(2)15-10-8-7-9-14(15)11-17-20-16(12-21-17)18(3,4)5/h7-10,12-13,19H,6,11H2,1-5H3. The molecule has 114 valence electrons. The number of aromatic nitrogens is 1. The predicted octanol–water partition coefficient (Wildman–Crippen LogP) is 4.70. The highest BCUT2D eigenvalue weighted by molar-refractivity contribution is 7.09. The monoisotopic (exact) mass is 302 g/mol. The number of nitrogens with zero attached hydrogens (tertiary/aromatic N) is 1. The second-order valence-electron chi connectivity index (χ2n) is 6.53. The molecule has 0 aliphatic heterocycles. The Morgan fingerprint density at radius 2 is 1.95 bits per heavy atom. The maximum atomic E-state index is 4.82. The van der Waals surface area contributed by atoms with Crippen molar-refractivity contribution in [2.24, 2.45) is 0 Å². The van der Waals surface area contributed by atoms with Crippen LogP contribution in [0.15, 0.2) is 29.6 Å². The number of hydrogen-bond acceptors (Lipinski definition) is 3. The number of rotatable bonds is 5. The zero-order chi connectivity index (χ0) is 15.5. The van der Waals surface area contributed by atoms with Crippen LogP contribution in [0, 0.1) is 0 Å². The third kappa shape index (κ3) is 4.14. The van der Waals surface area contributed by atoms with Gasteiger partial charge in [0, 0.05) is 23.3 Å². The molecule has 0 bridgehead atoms. The Balaban J connectivity index is 2.22. The van der Waals surface area contributed by atoms with E-state index >= 15 is 0 Å². The van der Waals surface area contributed by atoms with Gasteiger partial charge in [0.2, 0.25) is 0 Å². The number of thiazole rings is 1. The van der Waals surface area contributed by atoms with E-state index in [1.54, 1.807) is 11.3 Å². The van der Waals surface area contributed by atoms with Gasteiger partial charge in [-0.05, 0) is 24.6 Å². The zero-order valence-corrected chi connectivity index (χ0v) is 14.6. The van der Waals surface area contributed by atoms with Gasteiger partial charge in [0.1, 0.15) is 0 Å². The molecule has 0 fully saturated rings. The summed E-state index contributed by atoms with van der Waals surface area (Å²) in [6, 6.07) is 9.07. The van der Waals surface area contributed by atoms with E-state index in [-0.39, 0.29) is 5.41 Å². The highest BCUT2D eigenvalue weighted by Gasteiger charge is 2.18. The molecular weight excluding hydrogens is 276 g/mol. The minimum atomic E-state index is 0.130. The van der Waals surface area contributed by atoms with Crippen LogP contribution in [-0.4, -0.2) is 11.5 Å². The fraction of sp³-hybridized carbons (Fsp3) is 0.500. The summed E-state index contributed by atoms with van der Waals surface area (Å²) in [5.41, 5.74) is 4.08. The Morgan fingerprint density at radius 3 is 2.57 bits per heavy atom. The van der Waals surface area contributed by atoms with Crippen LogP contribution in [0.4, 0.5) is 0 Å². The molecule has 0 amide bonds. The first kappa shape index (κ1) is 16.2.